The molecular weight excluding hydrogens is 218 g/mol. The maximum atomic E-state index is 11.1. The molecule has 1 amide bonds. The Labute approximate surface area is 101 Å². The molecule has 1 aromatic rings. The van der Waals surface area contributed by atoms with Gasteiger partial charge < -0.3 is 10.1 Å². The molecule has 4 nitrogen and oxygen atoms in total. The summed E-state index contributed by atoms with van der Waals surface area (Å²) in [6.07, 6.45) is 0. The Kier molecular flexibility index (Phi) is 4.26. The van der Waals surface area contributed by atoms with Gasteiger partial charge in [0, 0.05) is 13.5 Å². The molecule has 1 N–H and O–H groups in total. The van der Waals surface area contributed by atoms with Crippen LogP contribution in [0.25, 0.3) is 0 Å². The third kappa shape index (κ3) is 3.31. The third-order valence-electron chi connectivity index (χ3n) is 2.50. The van der Waals surface area contributed by atoms with Crippen molar-refractivity contribution in [1.29, 1.82) is 0 Å². The second kappa shape index (κ2) is 5.48. The number of ketones is 1. The molecule has 0 unspecified atom stereocenters. The quantitative estimate of drug-likeness (QED) is 0.805. The molecule has 0 aliphatic heterocycles. The highest BCUT2D eigenvalue weighted by molar-refractivity contribution is 6.35. The monoisotopic (exact) mass is 235 g/mol. The van der Waals surface area contributed by atoms with Crippen molar-refractivity contribution in [3.63, 3.8) is 0 Å². The van der Waals surface area contributed by atoms with Crippen molar-refractivity contribution in [2.75, 3.05) is 7.11 Å². The van der Waals surface area contributed by atoms with Crippen molar-refractivity contribution in [3.05, 3.63) is 28.8 Å². The highest BCUT2D eigenvalue weighted by atomic mass is 16.5. The van der Waals surface area contributed by atoms with Crippen LogP contribution in [0.5, 0.6) is 5.75 Å². The average molecular weight is 235 g/mol. The lowest BCUT2D eigenvalue weighted by Crippen LogP contribution is -2.28. The number of carbonyl (C=O) groups excluding carboxylic acids is 2. The third-order valence-corrected chi connectivity index (χ3v) is 2.50. The fourth-order valence-electron chi connectivity index (χ4n) is 1.77. The number of ether oxygens (including phenoxy) is 1. The van der Waals surface area contributed by atoms with Crippen LogP contribution < -0.4 is 10.1 Å². The summed E-state index contributed by atoms with van der Waals surface area (Å²) >= 11 is 0. The minimum Gasteiger partial charge on any atom is -0.496 e. The Bertz CT molecular complexity index is 429. The van der Waals surface area contributed by atoms with E-state index < -0.39 is 11.7 Å². The molecule has 0 bridgehead atoms. The molecule has 0 atom stereocenters. The number of amides is 1. The highest BCUT2D eigenvalue weighted by Gasteiger charge is 2.08. The standard InChI is InChI=1S/C13H17NO3/c1-8-5-11(6-9(2)12(8)17-4)7-14-13(16)10(3)15/h5-6H,7H2,1-4H3,(H,14,16). The molecule has 0 spiro atoms. The van der Waals surface area contributed by atoms with Crippen molar-refractivity contribution >= 4 is 11.7 Å². The van der Waals surface area contributed by atoms with Gasteiger partial charge >= 0.3 is 0 Å². The molecule has 4 heteroatoms. The first-order chi connectivity index (χ1) is 7.95. The van der Waals surface area contributed by atoms with Gasteiger partial charge in [0.05, 0.1) is 7.11 Å². The maximum absolute atomic E-state index is 11.1. The van der Waals surface area contributed by atoms with Gasteiger partial charge in [-0.05, 0) is 30.5 Å². The Hall–Kier alpha value is -1.84. The predicted molar refractivity (Wildman–Crippen MR) is 65.0 cm³/mol. The number of carbonyl (C=O) groups is 2. The van der Waals surface area contributed by atoms with Crippen molar-refractivity contribution in [1.82, 2.24) is 5.32 Å². The molecule has 1 rings (SSSR count). The number of hydrogen-bond acceptors (Lipinski definition) is 3. The summed E-state index contributed by atoms with van der Waals surface area (Å²) in [6, 6.07) is 3.87. The maximum Gasteiger partial charge on any atom is 0.287 e. The zero-order valence-electron chi connectivity index (χ0n) is 10.6. The predicted octanol–water partition coefficient (Wildman–Crippen LogP) is 1.52. The average Bonchev–Trinajstić information content (AvgIpc) is 2.25. The molecule has 0 aliphatic rings. The zero-order valence-corrected chi connectivity index (χ0v) is 10.6. The smallest absolute Gasteiger partial charge is 0.287 e. The van der Waals surface area contributed by atoms with E-state index in [1.54, 1.807) is 7.11 Å². The minimum atomic E-state index is -0.559. The molecule has 0 heterocycles. The van der Waals surface area contributed by atoms with Gasteiger partial charge in [-0.3, -0.25) is 9.59 Å². The van der Waals surface area contributed by atoms with Gasteiger partial charge in [0.15, 0.2) is 0 Å². The molecule has 0 saturated carbocycles. The summed E-state index contributed by atoms with van der Waals surface area (Å²) in [6.45, 7) is 5.49. The van der Waals surface area contributed by atoms with Crippen molar-refractivity contribution < 1.29 is 14.3 Å². The van der Waals surface area contributed by atoms with Crippen LogP contribution in [0.3, 0.4) is 0 Å². The van der Waals surface area contributed by atoms with Gasteiger partial charge in [0.2, 0.25) is 5.78 Å². The number of benzene rings is 1. The molecule has 0 saturated heterocycles. The SMILES string of the molecule is COc1c(C)cc(CNC(=O)C(C)=O)cc1C. The van der Waals surface area contributed by atoms with E-state index in [0.29, 0.717) is 6.54 Å². The first-order valence-corrected chi connectivity index (χ1v) is 5.38. The van der Waals surface area contributed by atoms with Crippen LogP contribution in [-0.4, -0.2) is 18.8 Å². The summed E-state index contributed by atoms with van der Waals surface area (Å²) in [5.74, 6) is -0.185. The van der Waals surface area contributed by atoms with Gasteiger partial charge in [-0.15, -0.1) is 0 Å². The number of Topliss-reactive ketones (excluding diaryl/α,β-unsaturated/α-hetero) is 1. The van der Waals surface area contributed by atoms with Crippen LogP contribution in [0.15, 0.2) is 12.1 Å². The van der Waals surface area contributed by atoms with E-state index in [-0.39, 0.29) is 0 Å². The molecule has 0 fully saturated rings. The lowest BCUT2D eigenvalue weighted by Gasteiger charge is -2.11. The first kappa shape index (κ1) is 13.2. The highest BCUT2D eigenvalue weighted by Crippen LogP contribution is 2.24. The summed E-state index contributed by atoms with van der Waals surface area (Å²) in [4.78, 5) is 21.9. The van der Waals surface area contributed by atoms with Crippen molar-refractivity contribution in [3.8, 4) is 5.75 Å². The molecule has 92 valence electrons. The van der Waals surface area contributed by atoms with Gasteiger partial charge in [-0.2, -0.15) is 0 Å². The molecule has 17 heavy (non-hydrogen) atoms. The van der Waals surface area contributed by atoms with E-state index in [4.69, 9.17) is 4.74 Å². The molecule has 0 aliphatic carbocycles. The second-order valence-electron chi connectivity index (χ2n) is 4.00. The van der Waals surface area contributed by atoms with Crippen LogP contribution in [-0.2, 0) is 16.1 Å². The first-order valence-electron chi connectivity index (χ1n) is 5.38. The minimum absolute atomic E-state index is 0.351. The summed E-state index contributed by atoms with van der Waals surface area (Å²) in [5, 5.41) is 2.56. The lowest BCUT2D eigenvalue weighted by atomic mass is 10.1. The number of hydrogen-bond donors (Lipinski definition) is 1. The zero-order chi connectivity index (χ0) is 13.0. The Morgan fingerprint density at radius 3 is 2.18 bits per heavy atom. The number of nitrogens with one attached hydrogen (secondary N) is 1. The lowest BCUT2D eigenvalue weighted by molar-refractivity contribution is -0.136. The van der Waals surface area contributed by atoms with Gasteiger partial charge in [0.25, 0.3) is 5.91 Å². The molecular formula is C13H17NO3. The van der Waals surface area contributed by atoms with Crippen LogP contribution in [0, 0.1) is 13.8 Å². The van der Waals surface area contributed by atoms with E-state index in [9.17, 15) is 9.59 Å². The van der Waals surface area contributed by atoms with Crippen LogP contribution in [0.2, 0.25) is 0 Å². The van der Waals surface area contributed by atoms with Gasteiger partial charge in [-0.1, -0.05) is 12.1 Å². The van der Waals surface area contributed by atoms with E-state index in [0.717, 1.165) is 22.4 Å². The van der Waals surface area contributed by atoms with Crippen LogP contribution in [0.1, 0.15) is 23.6 Å². The van der Waals surface area contributed by atoms with E-state index in [1.165, 1.54) is 6.92 Å². The largest absolute Gasteiger partial charge is 0.496 e. The second-order valence-corrected chi connectivity index (χ2v) is 4.00. The fraction of sp³-hybridized carbons (Fsp3) is 0.385. The van der Waals surface area contributed by atoms with Crippen LogP contribution >= 0.6 is 0 Å². The Morgan fingerprint density at radius 1 is 1.24 bits per heavy atom. The van der Waals surface area contributed by atoms with E-state index in [2.05, 4.69) is 5.32 Å². The molecule has 0 aromatic heterocycles. The van der Waals surface area contributed by atoms with Gasteiger partial charge in [-0.25, -0.2) is 0 Å². The van der Waals surface area contributed by atoms with Crippen LogP contribution in [0.4, 0.5) is 0 Å². The number of methoxy groups -OCH3 is 1. The molecule has 0 radical (unpaired) electrons. The van der Waals surface area contributed by atoms with E-state index in [1.807, 2.05) is 26.0 Å². The molecule has 1 aromatic carbocycles. The summed E-state index contributed by atoms with van der Waals surface area (Å²) in [5.41, 5.74) is 2.98. The normalized spacial score (nSPS) is 9.88. The fourth-order valence-corrected chi connectivity index (χ4v) is 1.77. The summed E-state index contributed by atoms with van der Waals surface area (Å²) < 4.78 is 5.25. The van der Waals surface area contributed by atoms with E-state index >= 15 is 0 Å². The topological polar surface area (TPSA) is 55.4 Å². The van der Waals surface area contributed by atoms with Crippen molar-refractivity contribution in [2.45, 2.75) is 27.3 Å². The van der Waals surface area contributed by atoms with Gasteiger partial charge in [0.1, 0.15) is 5.75 Å². The summed E-state index contributed by atoms with van der Waals surface area (Å²) in [7, 11) is 1.63. The number of rotatable bonds is 4. The Balaban J connectivity index is 2.80. The van der Waals surface area contributed by atoms with Crippen molar-refractivity contribution in [2.24, 2.45) is 0 Å². The Morgan fingerprint density at radius 2 is 1.76 bits per heavy atom. The number of aryl methyl sites for hydroxylation is 2.